The molecule has 0 aliphatic heterocycles. The Morgan fingerprint density at radius 3 is 2.15 bits per heavy atom. The Morgan fingerprint density at radius 2 is 1.85 bits per heavy atom. The van der Waals surface area contributed by atoms with Crippen LogP contribution in [0.2, 0.25) is 0 Å². The zero-order valence-corrected chi connectivity index (χ0v) is 9.47. The van der Waals surface area contributed by atoms with E-state index in [1.807, 2.05) is 13.8 Å². The van der Waals surface area contributed by atoms with Gasteiger partial charge in [0.05, 0.1) is 0 Å². The Labute approximate surface area is 82.3 Å². The van der Waals surface area contributed by atoms with Crippen molar-refractivity contribution in [3.8, 4) is 0 Å². The molecule has 0 heterocycles. The highest BCUT2D eigenvalue weighted by Crippen LogP contribution is 2.49. The van der Waals surface area contributed by atoms with Crippen molar-refractivity contribution in [3.63, 3.8) is 0 Å². The maximum Gasteiger partial charge on any atom is 0.120 e. The van der Waals surface area contributed by atoms with Crippen LogP contribution in [0.25, 0.3) is 0 Å². The van der Waals surface area contributed by atoms with Gasteiger partial charge in [0.1, 0.15) is 6.29 Å². The molecule has 0 aromatic heterocycles. The summed E-state index contributed by atoms with van der Waals surface area (Å²) in [4.78, 5) is 12.4. The summed E-state index contributed by atoms with van der Waals surface area (Å²) in [5, 5.41) is 0. The van der Waals surface area contributed by atoms with Crippen LogP contribution in [0.15, 0.2) is 0 Å². The molecule has 0 atom stereocenters. The lowest BCUT2D eigenvalue weighted by Crippen LogP contribution is -2.22. The highest BCUT2D eigenvalue weighted by atomic mass is 16.1. The van der Waals surface area contributed by atoms with Gasteiger partial charge < -0.3 is 9.69 Å². The minimum absolute atomic E-state index is 0.518. The molecule has 1 aliphatic rings. The maximum absolute atomic E-state index is 10.2. The van der Waals surface area contributed by atoms with Crippen molar-refractivity contribution in [2.75, 3.05) is 20.6 Å². The summed E-state index contributed by atoms with van der Waals surface area (Å²) in [5.41, 5.74) is 0.518. The molecule has 0 aromatic rings. The number of hydrogen-bond acceptors (Lipinski definition) is 2. The summed E-state index contributed by atoms with van der Waals surface area (Å²) in [7, 11) is 4.20. The minimum atomic E-state index is 0.518. The van der Waals surface area contributed by atoms with E-state index in [0.29, 0.717) is 5.41 Å². The fraction of sp³-hybridized carbons (Fsp3) is 0.909. The van der Waals surface area contributed by atoms with Crippen LogP contribution in [0.1, 0.15) is 39.5 Å². The molecule has 0 amide bonds. The van der Waals surface area contributed by atoms with E-state index in [-0.39, 0.29) is 0 Å². The average molecular weight is 185 g/mol. The van der Waals surface area contributed by atoms with Gasteiger partial charge in [-0.15, -0.1) is 0 Å². The highest BCUT2D eigenvalue weighted by Gasteiger charge is 2.41. The van der Waals surface area contributed by atoms with Crippen molar-refractivity contribution >= 4 is 6.29 Å². The number of carbonyl (C=O) groups excluding carboxylic acids is 1. The fourth-order valence-corrected chi connectivity index (χ4v) is 1.70. The molecule has 0 spiro atoms. The Bertz CT molecular complexity index is 139. The quantitative estimate of drug-likeness (QED) is 0.613. The van der Waals surface area contributed by atoms with E-state index >= 15 is 0 Å². The fourth-order valence-electron chi connectivity index (χ4n) is 1.70. The largest absolute Gasteiger partial charge is 0.309 e. The SMILES string of the molecule is CC.CN(C)CC1(CCC=O)CC1. The third-order valence-corrected chi connectivity index (χ3v) is 2.40. The van der Waals surface area contributed by atoms with Crippen LogP contribution >= 0.6 is 0 Å². The lowest BCUT2D eigenvalue weighted by molar-refractivity contribution is -0.108. The monoisotopic (exact) mass is 185 g/mol. The standard InChI is InChI=1S/C9H17NO.C2H6/c1-10(2)8-9(5-6-9)4-3-7-11;1-2/h7H,3-6,8H2,1-2H3;1-2H3. The van der Waals surface area contributed by atoms with Gasteiger partial charge in [0, 0.05) is 13.0 Å². The first kappa shape index (κ1) is 12.6. The van der Waals surface area contributed by atoms with Gasteiger partial charge in [-0.2, -0.15) is 0 Å². The summed E-state index contributed by atoms with van der Waals surface area (Å²) < 4.78 is 0. The van der Waals surface area contributed by atoms with E-state index in [2.05, 4.69) is 19.0 Å². The summed E-state index contributed by atoms with van der Waals surface area (Å²) in [6, 6.07) is 0. The summed E-state index contributed by atoms with van der Waals surface area (Å²) in [5.74, 6) is 0. The normalized spacial score (nSPS) is 17.6. The predicted molar refractivity (Wildman–Crippen MR) is 56.9 cm³/mol. The zero-order chi connectivity index (χ0) is 10.3. The van der Waals surface area contributed by atoms with Crippen molar-refractivity contribution in [2.45, 2.75) is 39.5 Å². The van der Waals surface area contributed by atoms with Gasteiger partial charge in [0.15, 0.2) is 0 Å². The molecular weight excluding hydrogens is 162 g/mol. The van der Waals surface area contributed by atoms with Crippen LogP contribution in [-0.4, -0.2) is 31.8 Å². The molecule has 2 nitrogen and oxygen atoms in total. The summed E-state index contributed by atoms with van der Waals surface area (Å²) in [6.07, 6.45) is 5.51. The summed E-state index contributed by atoms with van der Waals surface area (Å²) >= 11 is 0. The van der Waals surface area contributed by atoms with E-state index in [9.17, 15) is 4.79 Å². The number of aldehydes is 1. The van der Waals surface area contributed by atoms with Gasteiger partial charge in [0.2, 0.25) is 0 Å². The second kappa shape index (κ2) is 6.14. The van der Waals surface area contributed by atoms with Gasteiger partial charge in [0.25, 0.3) is 0 Å². The van der Waals surface area contributed by atoms with Gasteiger partial charge in [-0.25, -0.2) is 0 Å². The first-order valence-electron chi connectivity index (χ1n) is 5.27. The molecule has 1 aliphatic carbocycles. The molecular formula is C11H23NO. The third-order valence-electron chi connectivity index (χ3n) is 2.40. The molecule has 0 N–H and O–H groups in total. The van der Waals surface area contributed by atoms with Crippen LogP contribution in [-0.2, 0) is 4.79 Å². The van der Waals surface area contributed by atoms with Crippen molar-refractivity contribution in [1.29, 1.82) is 0 Å². The minimum Gasteiger partial charge on any atom is -0.309 e. The number of carbonyl (C=O) groups is 1. The Hall–Kier alpha value is -0.370. The van der Waals surface area contributed by atoms with Crippen LogP contribution in [0.4, 0.5) is 0 Å². The van der Waals surface area contributed by atoms with Crippen LogP contribution in [0, 0.1) is 5.41 Å². The molecule has 13 heavy (non-hydrogen) atoms. The predicted octanol–water partition coefficient (Wildman–Crippen LogP) is 2.33. The van der Waals surface area contributed by atoms with E-state index in [0.717, 1.165) is 25.7 Å². The molecule has 0 unspecified atom stereocenters. The van der Waals surface area contributed by atoms with Gasteiger partial charge in [-0.3, -0.25) is 0 Å². The highest BCUT2D eigenvalue weighted by molar-refractivity contribution is 5.49. The Morgan fingerprint density at radius 1 is 1.31 bits per heavy atom. The van der Waals surface area contributed by atoms with Crippen LogP contribution < -0.4 is 0 Å². The van der Waals surface area contributed by atoms with Gasteiger partial charge >= 0.3 is 0 Å². The molecule has 1 rings (SSSR count). The number of hydrogen-bond donors (Lipinski definition) is 0. The zero-order valence-electron chi connectivity index (χ0n) is 9.47. The van der Waals surface area contributed by atoms with Crippen molar-refractivity contribution in [3.05, 3.63) is 0 Å². The van der Waals surface area contributed by atoms with Gasteiger partial charge in [-0.1, -0.05) is 13.8 Å². The van der Waals surface area contributed by atoms with Crippen molar-refractivity contribution in [2.24, 2.45) is 5.41 Å². The van der Waals surface area contributed by atoms with Crippen LogP contribution in [0.5, 0.6) is 0 Å². The number of nitrogens with zero attached hydrogens (tertiary/aromatic N) is 1. The van der Waals surface area contributed by atoms with E-state index in [4.69, 9.17) is 0 Å². The van der Waals surface area contributed by atoms with E-state index in [1.54, 1.807) is 0 Å². The van der Waals surface area contributed by atoms with E-state index in [1.165, 1.54) is 12.8 Å². The second-order valence-electron chi connectivity index (χ2n) is 3.94. The van der Waals surface area contributed by atoms with E-state index < -0.39 is 0 Å². The maximum atomic E-state index is 10.2. The lowest BCUT2D eigenvalue weighted by Gasteiger charge is -2.18. The van der Waals surface area contributed by atoms with Crippen LogP contribution in [0.3, 0.4) is 0 Å². The first-order valence-corrected chi connectivity index (χ1v) is 5.27. The molecule has 1 fully saturated rings. The first-order chi connectivity index (χ1) is 6.18. The third kappa shape index (κ3) is 5.04. The smallest absolute Gasteiger partial charge is 0.120 e. The van der Waals surface area contributed by atoms with Crippen molar-refractivity contribution < 1.29 is 4.79 Å². The molecule has 0 aromatic carbocycles. The molecule has 0 saturated heterocycles. The molecule has 0 bridgehead atoms. The second-order valence-corrected chi connectivity index (χ2v) is 3.94. The molecule has 0 radical (unpaired) electrons. The lowest BCUT2D eigenvalue weighted by atomic mass is 10.0. The molecule has 2 heteroatoms. The van der Waals surface area contributed by atoms with Gasteiger partial charge in [-0.05, 0) is 38.8 Å². The topological polar surface area (TPSA) is 20.3 Å². The Kier molecular flexibility index (Phi) is 5.97. The Balaban J connectivity index is 0.000000671. The summed E-state index contributed by atoms with van der Waals surface area (Å²) in [6.45, 7) is 5.15. The average Bonchev–Trinajstić information content (AvgIpc) is 2.85. The van der Waals surface area contributed by atoms with Crippen molar-refractivity contribution in [1.82, 2.24) is 4.90 Å². The molecule has 1 saturated carbocycles. The molecule has 78 valence electrons. The number of rotatable bonds is 5.